The van der Waals surface area contributed by atoms with Crippen LogP contribution in [0.25, 0.3) is 11.5 Å². The lowest BCUT2D eigenvalue weighted by atomic mass is 10.1. The highest BCUT2D eigenvalue weighted by atomic mass is 19.3. The molecule has 0 fully saturated rings. The quantitative estimate of drug-likeness (QED) is 0.404. The van der Waals surface area contributed by atoms with Gasteiger partial charge >= 0.3 is 18.3 Å². The molecule has 0 aliphatic heterocycles. The van der Waals surface area contributed by atoms with Crippen LogP contribution in [0, 0.1) is 10.1 Å². The molecule has 3 rings (SSSR count). The van der Waals surface area contributed by atoms with Crippen LogP contribution < -0.4 is 19.5 Å². The van der Waals surface area contributed by atoms with E-state index >= 15 is 0 Å². The zero-order valence-electron chi connectivity index (χ0n) is 15.8. The summed E-state index contributed by atoms with van der Waals surface area (Å²) in [5, 5.41) is 22.0. The van der Waals surface area contributed by atoms with Crippen LogP contribution in [0.4, 0.5) is 20.5 Å². The predicted molar refractivity (Wildman–Crippen MR) is 99.9 cm³/mol. The third kappa shape index (κ3) is 4.54. The fourth-order valence-corrected chi connectivity index (χ4v) is 2.64. The van der Waals surface area contributed by atoms with Crippen molar-refractivity contribution in [2.45, 2.75) is 13.2 Å². The van der Waals surface area contributed by atoms with Gasteiger partial charge in [0.1, 0.15) is 5.75 Å². The maximum absolute atomic E-state index is 12.5. The number of nitrogens with zero attached hydrogens (tertiary/aromatic N) is 3. The Morgan fingerprint density at radius 1 is 1.13 bits per heavy atom. The molecule has 0 saturated carbocycles. The molecule has 0 aliphatic carbocycles. The van der Waals surface area contributed by atoms with E-state index in [1.54, 1.807) is 31.4 Å². The first-order valence-electron chi connectivity index (χ1n) is 8.43. The van der Waals surface area contributed by atoms with Crippen LogP contribution in [0.15, 0.2) is 40.8 Å². The molecule has 0 spiro atoms. The van der Waals surface area contributed by atoms with Crippen molar-refractivity contribution in [1.29, 1.82) is 0 Å². The summed E-state index contributed by atoms with van der Waals surface area (Å²) in [7, 11) is 2.67. The lowest BCUT2D eigenvalue weighted by Crippen LogP contribution is -2.08. The van der Waals surface area contributed by atoms with Gasteiger partial charge in [0.05, 0.1) is 31.3 Å². The van der Waals surface area contributed by atoms with Gasteiger partial charge in [0.15, 0.2) is 5.75 Å². The molecule has 0 atom stereocenters. The number of nitro groups is 1. The number of halogens is 2. The summed E-state index contributed by atoms with van der Waals surface area (Å²) in [6.45, 7) is -3.26. The third-order valence-corrected chi connectivity index (χ3v) is 3.97. The molecular formula is C18H16F2N4O6. The Labute approximate surface area is 168 Å². The largest absolute Gasteiger partial charge is 0.497 e. The van der Waals surface area contributed by atoms with Gasteiger partial charge in [0, 0.05) is 5.56 Å². The number of nitrogens with one attached hydrogen (secondary N) is 1. The highest BCUT2D eigenvalue weighted by Gasteiger charge is 2.27. The molecule has 0 unspecified atom stereocenters. The Kier molecular flexibility index (Phi) is 6.25. The van der Waals surface area contributed by atoms with E-state index in [0.29, 0.717) is 11.3 Å². The van der Waals surface area contributed by atoms with Gasteiger partial charge in [0.2, 0.25) is 11.6 Å². The van der Waals surface area contributed by atoms with Gasteiger partial charge in [-0.1, -0.05) is 5.10 Å². The molecule has 0 amide bonds. The first kappa shape index (κ1) is 20.8. The zero-order chi connectivity index (χ0) is 21.7. The van der Waals surface area contributed by atoms with E-state index in [1.807, 2.05) is 0 Å². The number of nitro benzene ring substituents is 1. The number of hydrogen-bond donors (Lipinski definition) is 1. The standard InChI is InChI=1S/C18H16F2N4O6/c1-27-12-6-3-10(4-7-12)16-22-23-18(30-16)21-9-11-5-8-13(29-17(19)20)15(28-2)14(11)24(25)26/h3-8,17H,9H2,1-2H3,(H,21,23). The van der Waals surface area contributed by atoms with Crippen molar-refractivity contribution in [3.63, 3.8) is 0 Å². The summed E-state index contributed by atoms with van der Waals surface area (Å²) in [5.74, 6) is 0.0386. The Morgan fingerprint density at radius 3 is 2.47 bits per heavy atom. The van der Waals surface area contributed by atoms with Crippen LogP contribution in [0.5, 0.6) is 17.2 Å². The second kappa shape index (κ2) is 9.03. The van der Waals surface area contributed by atoms with Gasteiger partial charge in [-0.05, 0) is 36.4 Å². The Bertz CT molecular complexity index is 1030. The number of benzene rings is 2. The van der Waals surface area contributed by atoms with Gasteiger partial charge in [-0.25, -0.2) is 0 Å². The summed E-state index contributed by atoms with van der Waals surface area (Å²) < 4.78 is 44.8. The predicted octanol–water partition coefficient (Wildman–Crippen LogP) is 3.88. The molecule has 12 heteroatoms. The van der Waals surface area contributed by atoms with Crippen molar-refractivity contribution < 1.29 is 32.3 Å². The van der Waals surface area contributed by atoms with E-state index in [-0.39, 0.29) is 24.0 Å². The summed E-state index contributed by atoms with van der Waals surface area (Å²) in [4.78, 5) is 10.7. The van der Waals surface area contributed by atoms with E-state index < -0.39 is 28.7 Å². The Hall–Kier alpha value is -3.96. The molecule has 0 bridgehead atoms. The molecule has 1 heterocycles. The van der Waals surface area contributed by atoms with E-state index in [0.717, 1.165) is 13.2 Å². The van der Waals surface area contributed by atoms with Crippen LogP contribution in [0.1, 0.15) is 5.56 Å². The fraction of sp³-hybridized carbons (Fsp3) is 0.222. The Balaban J connectivity index is 1.80. The minimum atomic E-state index is -3.16. The smallest absolute Gasteiger partial charge is 0.387 e. The lowest BCUT2D eigenvalue weighted by molar-refractivity contribution is -0.386. The molecule has 3 aromatic rings. The molecule has 0 aliphatic rings. The molecule has 10 nitrogen and oxygen atoms in total. The number of ether oxygens (including phenoxy) is 3. The number of hydrogen-bond acceptors (Lipinski definition) is 9. The maximum Gasteiger partial charge on any atom is 0.387 e. The van der Waals surface area contributed by atoms with E-state index in [1.165, 1.54) is 6.07 Å². The van der Waals surface area contributed by atoms with E-state index in [9.17, 15) is 18.9 Å². The van der Waals surface area contributed by atoms with Crippen molar-refractivity contribution in [3.8, 4) is 28.7 Å². The van der Waals surface area contributed by atoms with Crippen LogP contribution >= 0.6 is 0 Å². The highest BCUT2D eigenvalue weighted by molar-refractivity contribution is 5.61. The van der Waals surface area contributed by atoms with Gasteiger partial charge in [-0.15, -0.1) is 5.10 Å². The van der Waals surface area contributed by atoms with Crippen LogP contribution in [-0.4, -0.2) is 36.0 Å². The SMILES string of the molecule is COc1ccc(-c2nnc(NCc3ccc(OC(F)F)c(OC)c3[N+](=O)[O-])o2)cc1. The summed E-state index contributed by atoms with van der Waals surface area (Å²) >= 11 is 0. The van der Waals surface area contributed by atoms with E-state index in [4.69, 9.17) is 13.9 Å². The normalized spacial score (nSPS) is 10.7. The summed E-state index contributed by atoms with van der Waals surface area (Å²) in [6, 6.07) is 9.36. The Morgan fingerprint density at radius 2 is 1.87 bits per heavy atom. The van der Waals surface area contributed by atoms with Gasteiger partial charge in [-0.3, -0.25) is 10.1 Å². The van der Waals surface area contributed by atoms with Crippen molar-refractivity contribution in [2.75, 3.05) is 19.5 Å². The first-order valence-corrected chi connectivity index (χ1v) is 8.43. The van der Waals surface area contributed by atoms with Gasteiger partial charge < -0.3 is 23.9 Å². The monoisotopic (exact) mass is 422 g/mol. The summed E-state index contributed by atoms with van der Waals surface area (Å²) in [5.41, 5.74) is 0.276. The molecule has 1 N–H and O–H groups in total. The van der Waals surface area contributed by atoms with Crippen molar-refractivity contribution in [1.82, 2.24) is 10.2 Å². The lowest BCUT2D eigenvalue weighted by Gasteiger charge is -2.12. The second-order valence-electron chi connectivity index (χ2n) is 5.73. The van der Waals surface area contributed by atoms with Crippen LogP contribution in [0.2, 0.25) is 0 Å². The van der Waals surface area contributed by atoms with Gasteiger partial charge in [-0.2, -0.15) is 8.78 Å². The number of methoxy groups -OCH3 is 2. The summed E-state index contributed by atoms with van der Waals surface area (Å²) in [6.07, 6.45) is 0. The van der Waals surface area contributed by atoms with Crippen molar-refractivity contribution >= 4 is 11.7 Å². The topological polar surface area (TPSA) is 122 Å². The number of anilines is 1. The maximum atomic E-state index is 12.5. The number of rotatable bonds is 9. The third-order valence-electron chi connectivity index (χ3n) is 3.97. The van der Waals surface area contributed by atoms with Gasteiger partial charge in [0.25, 0.3) is 0 Å². The fourth-order valence-electron chi connectivity index (χ4n) is 2.64. The first-order chi connectivity index (χ1) is 14.4. The molecule has 1 aromatic heterocycles. The van der Waals surface area contributed by atoms with Crippen molar-refractivity contribution in [2.24, 2.45) is 0 Å². The van der Waals surface area contributed by atoms with E-state index in [2.05, 4.69) is 20.3 Å². The number of alkyl halides is 2. The molecular weight excluding hydrogens is 406 g/mol. The molecule has 0 radical (unpaired) electrons. The minimum absolute atomic E-state index is 0.0157. The number of aromatic nitrogens is 2. The molecule has 0 saturated heterocycles. The van der Waals surface area contributed by atoms with Crippen molar-refractivity contribution in [3.05, 3.63) is 52.1 Å². The zero-order valence-corrected chi connectivity index (χ0v) is 15.8. The second-order valence-corrected chi connectivity index (χ2v) is 5.73. The molecule has 2 aromatic carbocycles. The molecule has 158 valence electrons. The highest BCUT2D eigenvalue weighted by Crippen LogP contribution is 2.40. The minimum Gasteiger partial charge on any atom is -0.497 e. The average molecular weight is 422 g/mol. The van der Waals surface area contributed by atoms with Crippen LogP contribution in [0.3, 0.4) is 0 Å². The molecule has 30 heavy (non-hydrogen) atoms. The van der Waals surface area contributed by atoms with Crippen LogP contribution in [-0.2, 0) is 6.54 Å². The average Bonchev–Trinajstić information content (AvgIpc) is 3.21.